The van der Waals surface area contributed by atoms with E-state index in [1.807, 2.05) is 6.92 Å². The van der Waals surface area contributed by atoms with Crippen LogP contribution in [-0.4, -0.2) is 23.4 Å². The molecule has 0 aliphatic rings. The molecule has 0 heterocycles. The maximum atomic E-state index is 11.5. The van der Waals surface area contributed by atoms with Gasteiger partial charge in [0.1, 0.15) is 0 Å². The molecule has 0 radical (unpaired) electrons. The zero-order valence-electron chi connectivity index (χ0n) is 11.0. The topological polar surface area (TPSA) is 98.3 Å². The maximum Gasteiger partial charge on any atom is 0.269 e. The smallest absolute Gasteiger partial charge is 0.269 e. The number of carbonyl (C=O) groups is 1. The first-order valence-corrected chi connectivity index (χ1v) is 6.31. The highest BCUT2D eigenvalue weighted by molar-refractivity contribution is 5.81. The number of nitrogens with zero attached hydrogens (tertiary/aromatic N) is 1. The number of nitro groups is 1. The molecule has 0 unspecified atom stereocenters. The van der Waals surface area contributed by atoms with E-state index in [9.17, 15) is 14.9 Å². The standard InChI is InChI=1S/C13H19N3O3/c1-2-3-12(14)13(17)15-9-8-10-4-6-11(7-5-10)16(18)19/h4-7,12H,2-3,8-9,14H2,1H3,(H,15,17)/t12-/m0/s1. The Morgan fingerprint density at radius 1 is 1.42 bits per heavy atom. The van der Waals surface area contributed by atoms with Crippen molar-refractivity contribution in [3.05, 3.63) is 39.9 Å². The normalized spacial score (nSPS) is 11.9. The monoisotopic (exact) mass is 265 g/mol. The van der Waals surface area contributed by atoms with Crippen LogP contribution in [0.2, 0.25) is 0 Å². The molecule has 0 aliphatic heterocycles. The van der Waals surface area contributed by atoms with Crippen molar-refractivity contribution in [3.63, 3.8) is 0 Å². The first-order chi connectivity index (χ1) is 9.04. The number of nitrogens with one attached hydrogen (secondary N) is 1. The number of benzene rings is 1. The van der Waals surface area contributed by atoms with Gasteiger partial charge in [0.25, 0.3) is 5.69 Å². The minimum Gasteiger partial charge on any atom is -0.354 e. The van der Waals surface area contributed by atoms with Crippen LogP contribution >= 0.6 is 0 Å². The second kappa shape index (κ2) is 7.48. The van der Waals surface area contributed by atoms with Crippen molar-refractivity contribution in [1.29, 1.82) is 0 Å². The molecular weight excluding hydrogens is 246 g/mol. The predicted octanol–water partition coefficient (Wildman–Crippen LogP) is 1.38. The van der Waals surface area contributed by atoms with Gasteiger partial charge in [-0.05, 0) is 18.4 Å². The summed E-state index contributed by atoms with van der Waals surface area (Å²) in [4.78, 5) is 21.6. The Morgan fingerprint density at radius 2 is 2.05 bits per heavy atom. The van der Waals surface area contributed by atoms with Gasteiger partial charge in [0.05, 0.1) is 11.0 Å². The zero-order chi connectivity index (χ0) is 14.3. The van der Waals surface area contributed by atoms with Crippen molar-refractivity contribution in [2.45, 2.75) is 32.2 Å². The van der Waals surface area contributed by atoms with Crippen LogP contribution in [0.25, 0.3) is 0 Å². The van der Waals surface area contributed by atoms with E-state index < -0.39 is 11.0 Å². The number of non-ortho nitro benzene ring substituents is 1. The molecule has 1 rings (SSSR count). The molecule has 3 N–H and O–H groups in total. The molecule has 0 aliphatic carbocycles. The molecule has 0 bridgehead atoms. The highest BCUT2D eigenvalue weighted by atomic mass is 16.6. The molecule has 6 heteroatoms. The van der Waals surface area contributed by atoms with Crippen LogP contribution in [-0.2, 0) is 11.2 Å². The molecule has 1 aromatic carbocycles. The minimum absolute atomic E-state index is 0.0674. The third kappa shape index (κ3) is 5.05. The van der Waals surface area contributed by atoms with Crippen LogP contribution in [0.3, 0.4) is 0 Å². The Hall–Kier alpha value is -1.95. The number of carbonyl (C=O) groups excluding carboxylic acids is 1. The summed E-state index contributed by atoms with van der Waals surface area (Å²) in [6.45, 7) is 2.46. The van der Waals surface area contributed by atoms with Crippen LogP contribution in [0, 0.1) is 10.1 Å². The number of amides is 1. The highest BCUT2D eigenvalue weighted by Gasteiger charge is 2.11. The Bertz CT molecular complexity index is 431. The predicted molar refractivity (Wildman–Crippen MR) is 72.7 cm³/mol. The highest BCUT2D eigenvalue weighted by Crippen LogP contribution is 2.11. The first kappa shape index (κ1) is 15.1. The summed E-state index contributed by atoms with van der Waals surface area (Å²) in [5, 5.41) is 13.2. The van der Waals surface area contributed by atoms with E-state index in [0.29, 0.717) is 19.4 Å². The lowest BCUT2D eigenvalue weighted by atomic mass is 10.1. The summed E-state index contributed by atoms with van der Waals surface area (Å²) in [6, 6.07) is 5.84. The average molecular weight is 265 g/mol. The fraction of sp³-hybridized carbons (Fsp3) is 0.462. The second-order valence-corrected chi connectivity index (χ2v) is 4.36. The summed E-state index contributed by atoms with van der Waals surface area (Å²) in [6.07, 6.45) is 2.17. The number of nitro benzene ring substituents is 1. The molecule has 1 aromatic rings. The quantitative estimate of drug-likeness (QED) is 0.574. The summed E-state index contributed by atoms with van der Waals surface area (Å²) >= 11 is 0. The Balaban J connectivity index is 2.37. The van der Waals surface area contributed by atoms with Crippen molar-refractivity contribution < 1.29 is 9.72 Å². The number of hydrogen-bond acceptors (Lipinski definition) is 4. The van der Waals surface area contributed by atoms with Crippen LogP contribution in [0.1, 0.15) is 25.3 Å². The fourth-order valence-corrected chi connectivity index (χ4v) is 1.69. The van der Waals surface area contributed by atoms with Crippen molar-refractivity contribution >= 4 is 11.6 Å². The lowest BCUT2D eigenvalue weighted by molar-refractivity contribution is -0.384. The van der Waals surface area contributed by atoms with Gasteiger partial charge in [-0.15, -0.1) is 0 Å². The number of hydrogen-bond donors (Lipinski definition) is 2. The van der Waals surface area contributed by atoms with E-state index in [4.69, 9.17) is 5.73 Å². The van der Waals surface area contributed by atoms with Crippen LogP contribution in [0.4, 0.5) is 5.69 Å². The zero-order valence-corrected chi connectivity index (χ0v) is 11.0. The van der Waals surface area contributed by atoms with Gasteiger partial charge in [-0.3, -0.25) is 14.9 Å². The lowest BCUT2D eigenvalue weighted by Gasteiger charge is -2.10. The molecule has 0 spiro atoms. The van der Waals surface area contributed by atoms with Gasteiger partial charge >= 0.3 is 0 Å². The molecule has 0 aromatic heterocycles. The molecule has 19 heavy (non-hydrogen) atoms. The second-order valence-electron chi connectivity index (χ2n) is 4.36. The molecular formula is C13H19N3O3. The van der Waals surface area contributed by atoms with Gasteiger partial charge in [-0.1, -0.05) is 25.5 Å². The van der Waals surface area contributed by atoms with Crippen molar-refractivity contribution in [1.82, 2.24) is 5.32 Å². The number of nitrogens with two attached hydrogens (primary N) is 1. The van der Waals surface area contributed by atoms with Gasteiger partial charge in [-0.25, -0.2) is 0 Å². The van der Waals surface area contributed by atoms with Crippen molar-refractivity contribution in [2.24, 2.45) is 5.73 Å². The van der Waals surface area contributed by atoms with E-state index >= 15 is 0 Å². The maximum absolute atomic E-state index is 11.5. The van der Waals surface area contributed by atoms with Gasteiger partial charge in [0.15, 0.2) is 0 Å². The Labute approximate surface area is 112 Å². The van der Waals surface area contributed by atoms with Crippen LogP contribution in [0.15, 0.2) is 24.3 Å². The lowest BCUT2D eigenvalue weighted by Crippen LogP contribution is -2.41. The van der Waals surface area contributed by atoms with Gasteiger partial charge < -0.3 is 11.1 Å². The van der Waals surface area contributed by atoms with Crippen molar-refractivity contribution in [2.75, 3.05) is 6.54 Å². The summed E-state index contributed by atoms with van der Waals surface area (Å²) < 4.78 is 0. The van der Waals surface area contributed by atoms with Gasteiger partial charge in [-0.2, -0.15) is 0 Å². The summed E-state index contributed by atoms with van der Waals surface area (Å²) in [7, 11) is 0. The Kier molecular flexibility index (Phi) is 5.95. The molecule has 0 saturated heterocycles. The molecule has 1 amide bonds. The molecule has 1 atom stereocenters. The third-order valence-electron chi connectivity index (χ3n) is 2.80. The summed E-state index contributed by atoms with van der Waals surface area (Å²) in [5.74, 6) is -0.149. The van der Waals surface area contributed by atoms with E-state index in [1.165, 1.54) is 12.1 Å². The fourth-order valence-electron chi connectivity index (χ4n) is 1.69. The van der Waals surface area contributed by atoms with Crippen LogP contribution < -0.4 is 11.1 Å². The molecule has 104 valence electrons. The largest absolute Gasteiger partial charge is 0.354 e. The van der Waals surface area contributed by atoms with Crippen molar-refractivity contribution in [3.8, 4) is 0 Å². The Morgan fingerprint density at radius 3 is 2.58 bits per heavy atom. The van der Waals surface area contributed by atoms with Gasteiger partial charge in [0.2, 0.25) is 5.91 Å². The molecule has 0 fully saturated rings. The third-order valence-corrected chi connectivity index (χ3v) is 2.80. The van der Waals surface area contributed by atoms with E-state index in [-0.39, 0.29) is 11.6 Å². The van der Waals surface area contributed by atoms with Gasteiger partial charge in [0, 0.05) is 18.7 Å². The van der Waals surface area contributed by atoms with Crippen LogP contribution in [0.5, 0.6) is 0 Å². The number of rotatable bonds is 7. The minimum atomic E-state index is -0.457. The molecule has 0 saturated carbocycles. The SMILES string of the molecule is CCC[C@H](N)C(=O)NCCc1ccc([N+](=O)[O-])cc1. The van der Waals surface area contributed by atoms with E-state index in [0.717, 1.165) is 12.0 Å². The first-order valence-electron chi connectivity index (χ1n) is 6.31. The van der Waals surface area contributed by atoms with E-state index in [1.54, 1.807) is 12.1 Å². The van der Waals surface area contributed by atoms with E-state index in [2.05, 4.69) is 5.32 Å². The average Bonchev–Trinajstić information content (AvgIpc) is 2.39. The summed E-state index contributed by atoms with van der Waals surface area (Å²) in [5.41, 5.74) is 6.68. The molecule has 6 nitrogen and oxygen atoms in total.